The van der Waals surface area contributed by atoms with Gasteiger partial charge in [-0.3, -0.25) is 9.36 Å². The first-order chi connectivity index (χ1) is 10.1. The van der Waals surface area contributed by atoms with Gasteiger partial charge in [0.1, 0.15) is 5.82 Å². The maximum atomic E-state index is 4.58. The van der Waals surface area contributed by atoms with Crippen LogP contribution < -0.4 is 0 Å². The van der Waals surface area contributed by atoms with Crippen LogP contribution in [0.15, 0.2) is 37.1 Å². The van der Waals surface area contributed by atoms with Crippen molar-refractivity contribution in [1.82, 2.24) is 29.1 Å². The van der Waals surface area contributed by atoms with Crippen molar-refractivity contribution in [2.24, 2.45) is 21.1 Å². The van der Waals surface area contributed by atoms with Gasteiger partial charge in [0.15, 0.2) is 0 Å². The molecule has 0 fully saturated rings. The smallest absolute Gasteiger partial charge is 0.109 e. The van der Waals surface area contributed by atoms with Crippen molar-refractivity contribution in [2.75, 3.05) is 0 Å². The summed E-state index contributed by atoms with van der Waals surface area (Å²) in [7, 11) is 5.92. The van der Waals surface area contributed by atoms with E-state index in [9.17, 15) is 0 Å². The molecule has 3 aromatic heterocycles. The van der Waals surface area contributed by atoms with Gasteiger partial charge in [-0.15, -0.1) is 0 Å². The zero-order chi connectivity index (χ0) is 14.8. The van der Waals surface area contributed by atoms with E-state index in [0.717, 1.165) is 24.4 Å². The Kier molecular flexibility index (Phi) is 3.60. The molecular formula is C15H20N6. The van der Waals surface area contributed by atoms with Crippen molar-refractivity contribution >= 4 is 0 Å². The molecule has 0 radical (unpaired) electrons. The monoisotopic (exact) mass is 284 g/mol. The fraction of sp³-hybridized carbons (Fsp3) is 0.400. The van der Waals surface area contributed by atoms with Crippen molar-refractivity contribution in [3.8, 4) is 0 Å². The zero-order valence-electron chi connectivity index (χ0n) is 12.6. The van der Waals surface area contributed by atoms with Crippen LogP contribution in [0.4, 0.5) is 0 Å². The van der Waals surface area contributed by atoms with E-state index in [1.54, 1.807) is 0 Å². The second-order valence-corrected chi connectivity index (χ2v) is 5.50. The van der Waals surface area contributed by atoms with Crippen molar-refractivity contribution in [2.45, 2.75) is 18.8 Å². The molecule has 3 rings (SSSR count). The molecule has 110 valence electrons. The fourth-order valence-corrected chi connectivity index (χ4v) is 2.61. The first-order valence-corrected chi connectivity index (χ1v) is 7.05. The summed E-state index contributed by atoms with van der Waals surface area (Å²) in [5, 5.41) is 8.83. The molecule has 0 N–H and O–H groups in total. The van der Waals surface area contributed by atoms with Gasteiger partial charge in [0.2, 0.25) is 0 Å². The van der Waals surface area contributed by atoms with Gasteiger partial charge in [-0.05, 0) is 18.1 Å². The lowest BCUT2D eigenvalue weighted by Crippen LogP contribution is -2.11. The van der Waals surface area contributed by atoms with E-state index in [0.29, 0.717) is 5.92 Å². The Morgan fingerprint density at radius 3 is 2.52 bits per heavy atom. The normalized spacial score (nSPS) is 12.7. The molecule has 1 unspecified atom stereocenters. The van der Waals surface area contributed by atoms with Crippen molar-refractivity contribution in [3.05, 3.63) is 54.1 Å². The molecular weight excluding hydrogens is 264 g/mol. The Morgan fingerprint density at radius 2 is 1.95 bits per heavy atom. The van der Waals surface area contributed by atoms with Crippen LogP contribution in [0, 0.1) is 0 Å². The molecule has 0 aliphatic heterocycles. The Labute approximate surface area is 124 Å². The third kappa shape index (κ3) is 3.04. The van der Waals surface area contributed by atoms with Gasteiger partial charge in [0.25, 0.3) is 0 Å². The number of aryl methyl sites for hydroxylation is 3. The molecule has 6 heteroatoms. The van der Waals surface area contributed by atoms with Crippen LogP contribution in [-0.4, -0.2) is 29.1 Å². The van der Waals surface area contributed by atoms with Crippen molar-refractivity contribution in [1.29, 1.82) is 0 Å². The molecule has 0 amide bonds. The lowest BCUT2D eigenvalue weighted by atomic mass is 9.94. The quantitative estimate of drug-likeness (QED) is 0.712. The summed E-state index contributed by atoms with van der Waals surface area (Å²) in [5.74, 6) is 1.38. The van der Waals surface area contributed by atoms with E-state index in [1.165, 1.54) is 5.56 Å². The minimum atomic E-state index is 0.302. The first-order valence-electron chi connectivity index (χ1n) is 7.05. The van der Waals surface area contributed by atoms with Crippen molar-refractivity contribution in [3.63, 3.8) is 0 Å². The van der Waals surface area contributed by atoms with E-state index in [-0.39, 0.29) is 0 Å². The molecule has 0 spiro atoms. The molecule has 3 heterocycles. The van der Waals surface area contributed by atoms with Gasteiger partial charge < -0.3 is 4.57 Å². The predicted molar refractivity (Wildman–Crippen MR) is 79.8 cm³/mol. The molecule has 6 nitrogen and oxygen atoms in total. The number of hydrogen-bond acceptors (Lipinski definition) is 3. The second kappa shape index (κ2) is 5.55. The topological polar surface area (TPSA) is 53.5 Å². The number of aromatic nitrogens is 6. The SMILES string of the molecule is Cn1cc(CC(Cc2nccn2C)c2ccn(C)n2)cn1. The molecule has 21 heavy (non-hydrogen) atoms. The standard InChI is InChI=1S/C15H20N6/c1-19-7-5-16-15(19)9-13(14-4-6-20(2)18-14)8-12-10-17-21(3)11-12/h4-7,10-11,13H,8-9H2,1-3H3. The summed E-state index contributed by atoms with van der Waals surface area (Å²) in [6, 6.07) is 2.09. The molecule has 0 aliphatic rings. The molecule has 0 saturated carbocycles. The Bertz CT molecular complexity index is 720. The van der Waals surface area contributed by atoms with E-state index in [4.69, 9.17) is 0 Å². The van der Waals surface area contributed by atoms with E-state index in [1.807, 2.05) is 55.3 Å². The molecule has 0 aliphatic carbocycles. The lowest BCUT2D eigenvalue weighted by Gasteiger charge is -2.13. The summed E-state index contributed by atoms with van der Waals surface area (Å²) >= 11 is 0. The highest BCUT2D eigenvalue weighted by Crippen LogP contribution is 2.23. The third-order valence-corrected chi connectivity index (χ3v) is 3.74. The van der Waals surface area contributed by atoms with Crippen LogP contribution in [0.3, 0.4) is 0 Å². The number of hydrogen-bond donors (Lipinski definition) is 0. The minimum Gasteiger partial charge on any atom is -0.338 e. The highest BCUT2D eigenvalue weighted by Gasteiger charge is 2.18. The number of rotatable bonds is 5. The lowest BCUT2D eigenvalue weighted by molar-refractivity contribution is 0.600. The van der Waals surface area contributed by atoms with Crippen LogP contribution in [0.25, 0.3) is 0 Å². The van der Waals surface area contributed by atoms with Crippen LogP contribution >= 0.6 is 0 Å². The van der Waals surface area contributed by atoms with Crippen LogP contribution in [0.2, 0.25) is 0 Å². The average molecular weight is 284 g/mol. The predicted octanol–water partition coefficient (Wildman–Crippen LogP) is 1.46. The van der Waals surface area contributed by atoms with Crippen LogP contribution in [0.5, 0.6) is 0 Å². The van der Waals surface area contributed by atoms with Gasteiger partial charge in [-0.25, -0.2) is 4.98 Å². The number of imidazole rings is 1. The molecule has 3 aromatic rings. The number of nitrogens with zero attached hydrogens (tertiary/aromatic N) is 6. The summed E-state index contributed by atoms with van der Waals surface area (Å²) in [6.45, 7) is 0. The first kappa shape index (κ1) is 13.6. The third-order valence-electron chi connectivity index (χ3n) is 3.74. The molecule has 0 aromatic carbocycles. The van der Waals surface area contributed by atoms with E-state index >= 15 is 0 Å². The Balaban J connectivity index is 1.85. The maximum absolute atomic E-state index is 4.58. The fourth-order valence-electron chi connectivity index (χ4n) is 2.61. The Morgan fingerprint density at radius 1 is 1.10 bits per heavy atom. The minimum absolute atomic E-state index is 0.302. The van der Waals surface area contributed by atoms with Crippen LogP contribution in [-0.2, 0) is 34.0 Å². The molecule has 0 saturated heterocycles. The van der Waals surface area contributed by atoms with Gasteiger partial charge in [-0.1, -0.05) is 0 Å². The average Bonchev–Trinajstić information content (AvgIpc) is 3.13. The molecule has 0 bridgehead atoms. The Hall–Kier alpha value is -2.37. The maximum Gasteiger partial charge on any atom is 0.109 e. The summed E-state index contributed by atoms with van der Waals surface area (Å²) in [6.07, 6.45) is 11.6. The summed E-state index contributed by atoms with van der Waals surface area (Å²) < 4.78 is 5.76. The zero-order valence-corrected chi connectivity index (χ0v) is 12.6. The van der Waals surface area contributed by atoms with Gasteiger partial charge in [-0.2, -0.15) is 10.2 Å². The summed E-state index contributed by atoms with van der Waals surface area (Å²) in [5.41, 5.74) is 2.33. The van der Waals surface area contributed by atoms with E-state index < -0.39 is 0 Å². The van der Waals surface area contributed by atoms with E-state index in [2.05, 4.69) is 32.0 Å². The second-order valence-electron chi connectivity index (χ2n) is 5.50. The van der Waals surface area contributed by atoms with Gasteiger partial charge in [0.05, 0.1) is 11.9 Å². The van der Waals surface area contributed by atoms with Gasteiger partial charge in [0, 0.05) is 58.3 Å². The van der Waals surface area contributed by atoms with Crippen LogP contribution in [0.1, 0.15) is 23.0 Å². The van der Waals surface area contributed by atoms with Gasteiger partial charge >= 0.3 is 0 Å². The van der Waals surface area contributed by atoms with Crippen molar-refractivity contribution < 1.29 is 0 Å². The largest absolute Gasteiger partial charge is 0.338 e. The highest BCUT2D eigenvalue weighted by molar-refractivity contribution is 5.16. The molecule has 1 atom stereocenters. The highest BCUT2D eigenvalue weighted by atomic mass is 15.3. The summed E-state index contributed by atoms with van der Waals surface area (Å²) in [4.78, 5) is 4.44.